The number of hydrogen-bond donors (Lipinski definition) is 1. The van der Waals surface area contributed by atoms with Crippen LogP contribution in [-0.4, -0.2) is 56.4 Å². The van der Waals surface area contributed by atoms with Gasteiger partial charge in [0.1, 0.15) is 0 Å². The van der Waals surface area contributed by atoms with E-state index in [1.807, 2.05) is 6.92 Å². The van der Waals surface area contributed by atoms with Gasteiger partial charge in [0.05, 0.1) is 54.1 Å². The molecule has 222 valence electrons. The normalized spacial score (nSPS) is 13.4. The molecule has 3 aromatic rings. The third-order valence-corrected chi connectivity index (χ3v) is 6.23. The number of carbonyl (C=O) groups excluding carboxylic acids is 4. The van der Waals surface area contributed by atoms with Crippen molar-refractivity contribution in [3.63, 3.8) is 0 Å². The largest absolute Gasteiger partial charge is 0.490 e. The van der Waals surface area contributed by atoms with E-state index >= 15 is 0 Å². The van der Waals surface area contributed by atoms with Crippen LogP contribution in [0.25, 0.3) is 6.08 Å². The van der Waals surface area contributed by atoms with Crippen molar-refractivity contribution in [3.8, 4) is 11.5 Å². The summed E-state index contributed by atoms with van der Waals surface area (Å²) in [4.78, 5) is 49.8. The summed E-state index contributed by atoms with van der Waals surface area (Å²) in [5.74, 6) is -1.12. The number of benzene rings is 3. The van der Waals surface area contributed by atoms with Crippen LogP contribution in [0.5, 0.6) is 11.5 Å². The lowest BCUT2D eigenvalue weighted by Gasteiger charge is -2.14. The van der Waals surface area contributed by atoms with Crippen molar-refractivity contribution in [2.45, 2.75) is 20.8 Å². The molecule has 2 amide bonds. The van der Waals surface area contributed by atoms with Crippen molar-refractivity contribution in [2.75, 3.05) is 37.3 Å². The summed E-state index contributed by atoms with van der Waals surface area (Å²) in [5.41, 5.74) is 2.96. The second kappa shape index (κ2) is 13.9. The fraction of sp³-hybridized carbons (Fsp3) is 0.219. The molecule has 0 aromatic heterocycles. The van der Waals surface area contributed by atoms with Crippen molar-refractivity contribution in [2.24, 2.45) is 5.10 Å². The Morgan fingerprint density at radius 2 is 1.65 bits per heavy atom. The van der Waals surface area contributed by atoms with Gasteiger partial charge in [0.25, 0.3) is 11.8 Å². The van der Waals surface area contributed by atoms with Gasteiger partial charge in [-0.25, -0.2) is 9.59 Å². The van der Waals surface area contributed by atoms with Gasteiger partial charge in [-0.05, 0) is 80.9 Å². The number of anilines is 2. The zero-order valence-corrected chi connectivity index (χ0v) is 24.2. The molecule has 0 spiro atoms. The topological polar surface area (TPSA) is 133 Å². The summed E-state index contributed by atoms with van der Waals surface area (Å²) < 4.78 is 21.2. The molecule has 1 aliphatic rings. The summed E-state index contributed by atoms with van der Waals surface area (Å²) in [7, 11) is 1.26. The molecule has 3 aromatic carbocycles. The van der Waals surface area contributed by atoms with Crippen LogP contribution in [0.15, 0.2) is 77.4 Å². The Balaban J connectivity index is 1.47. The molecular weight excluding hydrogens is 554 g/mol. The quantitative estimate of drug-likeness (QED) is 0.249. The van der Waals surface area contributed by atoms with E-state index in [9.17, 15) is 19.2 Å². The molecule has 1 aliphatic heterocycles. The van der Waals surface area contributed by atoms with Crippen LogP contribution >= 0.6 is 0 Å². The van der Waals surface area contributed by atoms with E-state index in [2.05, 4.69) is 10.4 Å². The first-order valence-electron chi connectivity index (χ1n) is 13.5. The van der Waals surface area contributed by atoms with E-state index in [0.29, 0.717) is 51.9 Å². The zero-order valence-electron chi connectivity index (χ0n) is 24.2. The Labute approximate surface area is 248 Å². The Morgan fingerprint density at radius 3 is 2.35 bits per heavy atom. The van der Waals surface area contributed by atoms with Crippen LogP contribution in [0.1, 0.15) is 47.1 Å². The number of ether oxygens (including phenoxy) is 4. The van der Waals surface area contributed by atoms with E-state index in [0.717, 1.165) is 0 Å². The highest BCUT2D eigenvalue weighted by Crippen LogP contribution is 2.31. The molecule has 0 saturated heterocycles. The fourth-order valence-corrected chi connectivity index (χ4v) is 4.19. The minimum Gasteiger partial charge on any atom is -0.490 e. The Kier molecular flexibility index (Phi) is 9.89. The lowest BCUT2D eigenvalue weighted by Crippen LogP contribution is -2.22. The third-order valence-electron chi connectivity index (χ3n) is 6.23. The van der Waals surface area contributed by atoms with Gasteiger partial charge >= 0.3 is 11.9 Å². The summed E-state index contributed by atoms with van der Waals surface area (Å²) in [6.45, 7) is 5.54. The first-order valence-corrected chi connectivity index (χ1v) is 13.5. The van der Waals surface area contributed by atoms with E-state index in [4.69, 9.17) is 18.9 Å². The third kappa shape index (κ3) is 7.25. The lowest BCUT2D eigenvalue weighted by molar-refractivity contribution is -0.118. The summed E-state index contributed by atoms with van der Waals surface area (Å²) >= 11 is 0. The average molecular weight is 586 g/mol. The molecule has 1 heterocycles. The first kappa shape index (κ1) is 30.5. The molecule has 0 aliphatic carbocycles. The molecule has 0 fully saturated rings. The second-order valence-corrected chi connectivity index (χ2v) is 9.14. The maximum atomic E-state index is 13.3. The fourth-order valence-electron chi connectivity index (χ4n) is 4.19. The predicted octanol–water partition coefficient (Wildman–Crippen LogP) is 4.87. The van der Waals surface area contributed by atoms with Crippen molar-refractivity contribution in [1.29, 1.82) is 0 Å². The summed E-state index contributed by atoms with van der Waals surface area (Å²) in [6, 6.07) is 18.0. The van der Waals surface area contributed by atoms with Crippen molar-refractivity contribution >= 4 is 46.9 Å². The van der Waals surface area contributed by atoms with Gasteiger partial charge in [-0.1, -0.05) is 18.2 Å². The SMILES string of the molecule is CCOC(=O)c1ccc(N2N=C(C)C(=Cc3ccc(OCC(=O)Nc4ccccc4C(=O)OC)c(OCC)c3)C2=O)cc1. The molecule has 11 nitrogen and oxygen atoms in total. The molecule has 11 heteroatoms. The Hall–Kier alpha value is -5.45. The van der Waals surface area contributed by atoms with Gasteiger partial charge in [-0.15, -0.1) is 0 Å². The number of carbonyl (C=O) groups is 4. The number of hydrogen-bond acceptors (Lipinski definition) is 9. The number of para-hydroxylation sites is 1. The van der Waals surface area contributed by atoms with Crippen LogP contribution in [0.4, 0.5) is 11.4 Å². The number of amides is 2. The van der Waals surface area contributed by atoms with Crippen molar-refractivity contribution in [3.05, 3.63) is 89.0 Å². The highest BCUT2D eigenvalue weighted by atomic mass is 16.5. The van der Waals surface area contributed by atoms with Crippen LogP contribution in [-0.2, 0) is 19.1 Å². The summed E-state index contributed by atoms with van der Waals surface area (Å²) in [6.07, 6.45) is 1.69. The highest BCUT2D eigenvalue weighted by Gasteiger charge is 2.29. The zero-order chi connectivity index (χ0) is 30.9. The van der Waals surface area contributed by atoms with E-state index in [1.165, 1.54) is 12.1 Å². The molecule has 43 heavy (non-hydrogen) atoms. The standard InChI is InChI=1S/C32H31N3O8/c1-5-41-28-18-21(11-16-27(28)43-19-29(36)33-26-10-8-7-9-24(26)32(39)40-4)17-25-20(3)34-35(30(25)37)23-14-12-22(13-15-23)31(38)42-6-2/h7-18H,5-6,19H2,1-4H3,(H,33,36). The van der Waals surface area contributed by atoms with Gasteiger partial charge < -0.3 is 24.3 Å². The molecular formula is C32H31N3O8. The number of nitrogens with zero attached hydrogens (tertiary/aromatic N) is 2. The van der Waals surface area contributed by atoms with Crippen LogP contribution in [0, 0.1) is 0 Å². The molecule has 0 bridgehead atoms. The summed E-state index contributed by atoms with van der Waals surface area (Å²) in [5, 5.41) is 8.32. The molecule has 0 saturated carbocycles. The van der Waals surface area contributed by atoms with Crippen LogP contribution < -0.4 is 19.8 Å². The maximum absolute atomic E-state index is 13.3. The van der Waals surface area contributed by atoms with Gasteiger partial charge in [0.2, 0.25) is 0 Å². The van der Waals surface area contributed by atoms with Gasteiger partial charge in [0, 0.05) is 0 Å². The Morgan fingerprint density at radius 1 is 0.907 bits per heavy atom. The smallest absolute Gasteiger partial charge is 0.339 e. The number of methoxy groups -OCH3 is 1. The molecule has 0 radical (unpaired) electrons. The molecule has 1 N–H and O–H groups in total. The monoisotopic (exact) mass is 585 g/mol. The van der Waals surface area contributed by atoms with E-state index in [-0.39, 0.29) is 24.7 Å². The predicted molar refractivity (Wildman–Crippen MR) is 160 cm³/mol. The average Bonchev–Trinajstić information content (AvgIpc) is 3.29. The molecule has 4 rings (SSSR count). The second-order valence-electron chi connectivity index (χ2n) is 9.14. The number of esters is 2. The first-order chi connectivity index (χ1) is 20.7. The van der Waals surface area contributed by atoms with Crippen molar-refractivity contribution in [1.82, 2.24) is 0 Å². The van der Waals surface area contributed by atoms with Crippen LogP contribution in [0.2, 0.25) is 0 Å². The van der Waals surface area contributed by atoms with Gasteiger partial charge in [-0.3, -0.25) is 9.59 Å². The van der Waals surface area contributed by atoms with Crippen LogP contribution in [0.3, 0.4) is 0 Å². The van der Waals surface area contributed by atoms with E-state index < -0.39 is 17.8 Å². The van der Waals surface area contributed by atoms with Gasteiger partial charge in [0.15, 0.2) is 18.1 Å². The molecule has 0 unspecified atom stereocenters. The maximum Gasteiger partial charge on any atom is 0.339 e. The minimum absolute atomic E-state index is 0.221. The van der Waals surface area contributed by atoms with Crippen molar-refractivity contribution < 1.29 is 38.1 Å². The number of nitrogens with one attached hydrogen (secondary N) is 1. The highest BCUT2D eigenvalue weighted by molar-refractivity contribution is 6.32. The minimum atomic E-state index is -0.573. The number of hydrazone groups is 1. The molecule has 0 atom stereocenters. The Bertz CT molecular complexity index is 1590. The van der Waals surface area contributed by atoms with Gasteiger partial charge in [-0.2, -0.15) is 10.1 Å². The number of rotatable bonds is 11. The van der Waals surface area contributed by atoms with E-state index in [1.54, 1.807) is 86.7 Å². The lowest BCUT2D eigenvalue weighted by atomic mass is 10.1.